The minimum atomic E-state index is -3.69. The molecule has 1 rings (SSSR count). The van der Waals surface area contributed by atoms with Crippen LogP contribution in [-0.4, -0.2) is 21.4 Å². The molecule has 0 saturated carbocycles. The Morgan fingerprint density at radius 1 is 1.54 bits per heavy atom. The van der Waals surface area contributed by atoms with E-state index in [9.17, 15) is 13.2 Å². The molecule has 1 aromatic heterocycles. The van der Waals surface area contributed by atoms with Crippen LogP contribution in [0.5, 0.6) is 0 Å². The molecule has 0 saturated heterocycles. The summed E-state index contributed by atoms with van der Waals surface area (Å²) in [6, 6.07) is 2.73. The Bertz CT molecular complexity index is 421. The minimum Gasteiger partial charge on any atom is -0.354 e. The van der Waals surface area contributed by atoms with Crippen molar-refractivity contribution >= 4 is 27.3 Å². The third-order valence-corrected chi connectivity index (χ3v) is 3.84. The quantitative estimate of drug-likeness (QED) is 0.720. The van der Waals surface area contributed by atoms with Crippen molar-refractivity contribution in [3.63, 3.8) is 0 Å². The van der Waals surface area contributed by atoms with Gasteiger partial charge in [0.2, 0.25) is 10.0 Å². The van der Waals surface area contributed by atoms with Gasteiger partial charge in [0.05, 0.1) is 4.88 Å². The van der Waals surface area contributed by atoms with Gasteiger partial charge in [-0.05, 0) is 12.1 Å². The summed E-state index contributed by atoms with van der Waals surface area (Å²) >= 11 is 0.847. The van der Waals surface area contributed by atoms with Crippen molar-refractivity contribution in [2.45, 2.75) is 4.21 Å². The number of primary sulfonamides is 1. The van der Waals surface area contributed by atoms with Crippen molar-refractivity contribution in [3.8, 4) is 0 Å². The molecule has 0 aliphatic heterocycles. The Hall–Kier alpha value is -0.920. The van der Waals surface area contributed by atoms with Crippen LogP contribution < -0.4 is 10.5 Å². The lowest BCUT2D eigenvalue weighted by atomic mass is 10.4. The molecule has 1 heterocycles. The first-order chi connectivity index (χ1) is 5.95. The topological polar surface area (TPSA) is 89.3 Å². The summed E-state index contributed by atoms with van der Waals surface area (Å²) < 4.78 is 21.6. The maximum atomic E-state index is 11.0. The molecule has 0 aliphatic carbocycles. The van der Waals surface area contributed by atoms with Crippen molar-refractivity contribution in [3.05, 3.63) is 17.0 Å². The maximum absolute atomic E-state index is 11.0. The second-order valence-electron chi connectivity index (χ2n) is 2.24. The summed E-state index contributed by atoms with van der Waals surface area (Å²) in [5.74, 6) is -0.320. The molecule has 0 spiro atoms. The van der Waals surface area contributed by atoms with E-state index in [-0.39, 0.29) is 10.1 Å². The Morgan fingerprint density at radius 2 is 2.15 bits per heavy atom. The van der Waals surface area contributed by atoms with Crippen LogP contribution >= 0.6 is 11.3 Å². The smallest absolute Gasteiger partial charge is 0.261 e. The first-order valence-electron chi connectivity index (χ1n) is 3.30. The summed E-state index contributed by atoms with van der Waals surface area (Å²) in [7, 11) is -2.21. The summed E-state index contributed by atoms with van der Waals surface area (Å²) in [6.07, 6.45) is 0. The van der Waals surface area contributed by atoms with Gasteiger partial charge in [-0.15, -0.1) is 11.3 Å². The van der Waals surface area contributed by atoms with Gasteiger partial charge >= 0.3 is 0 Å². The van der Waals surface area contributed by atoms with Crippen LogP contribution in [0.25, 0.3) is 0 Å². The Labute approximate surface area is 79.6 Å². The zero-order chi connectivity index (χ0) is 10.1. The number of carbonyl (C=O) groups is 1. The number of sulfonamides is 1. The molecular formula is C6H8N2O3S2. The van der Waals surface area contributed by atoms with E-state index >= 15 is 0 Å². The second-order valence-corrected chi connectivity index (χ2v) is 5.11. The van der Waals surface area contributed by atoms with Gasteiger partial charge in [-0.1, -0.05) is 0 Å². The second kappa shape index (κ2) is 3.44. The van der Waals surface area contributed by atoms with E-state index in [1.165, 1.54) is 19.2 Å². The van der Waals surface area contributed by atoms with Crippen LogP contribution in [0.2, 0.25) is 0 Å². The molecule has 0 aromatic carbocycles. The molecule has 72 valence electrons. The zero-order valence-corrected chi connectivity index (χ0v) is 8.41. The SMILES string of the molecule is CNC(=O)c1ccc(S(N)(=O)=O)s1. The lowest BCUT2D eigenvalue weighted by molar-refractivity contribution is 0.0967. The van der Waals surface area contributed by atoms with Crippen LogP contribution in [0.3, 0.4) is 0 Å². The monoisotopic (exact) mass is 220 g/mol. The maximum Gasteiger partial charge on any atom is 0.261 e. The van der Waals surface area contributed by atoms with E-state index in [1.54, 1.807) is 0 Å². The number of amides is 1. The van der Waals surface area contributed by atoms with Gasteiger partial charge in [-0.2, -0.15) is 0 Å². The van der Waals surface area contributed by atoms with Crippen molar-refractivity contribution in [1.29, 1.82) is 0 Å². The number of hydrogen-bond donors (Lipinski definition) is 2. The Balaban J connectivity index is 3.07. The molecule has 0 atom stereocenters. The molecule has 0 radical (unpaired) electrons. The molecule has 5 nitrogen and oxygen atoms in total. The normalized spacial score (nSPS) is 11.2. The minimum absolute atomic E-state index is 0.00824. The van der Waals surface area contributed by atoms with Crippen LogP contribution in [0.4, 0.5) is 0 Å². The number of rotatable bonds is 2. The molecule has 0 bridgehead atoms. The van der Waals surface area contributed by atoms with Gasteiger partial charge in [0.15, 0.2) is 0 Å². The van der Waals surface area contributed by atoms with Crippen LogP contribution in [0.15, 0.2) is 16.3 Å². The van der Waals surface area contributed by atoms with Crippen LogP contribution in [-0.2, 0) is 10.0 Å². The molecule has 1 aromatic rings. The number of hydrogen-bond acceptors (Lipinski definition) is 4. The van der Waals surface area contributed by atoms with Crippen molar-refractivity contribution in [2.75, 3.05) is 7.05 Å². The molecule has 13 heavy (non-hydrogen) atoms. The first kappa shape index (κ1) is 10.2. The van der Waals surface area contributed by atoms with E-state index in [1.807, 2.05) is 0 Å². The number of thiophene rings is 1. The van der Waals surface area contributed by atoms with E-state index in [0.717, 1.165) is 11.3 Å². The van der Waals surface area contributed by atoms with E-state index < -0.39 is 10.0 Å². The highest BCUT2D eigenvalue weighted by Gasteiger charge is 2.13. The fraction of sp³-hybridized carbons (Fsp3) is 0.167. The molecular weight excluding hydrogens is 212 g/mol. The van der Waals surface area contributed by atoms with Gasteiger partial charge in [0.25, 0.3) is 5.91 Å². The fourth-order valence-corrected chi connectivity index (χ4v) is 2.39. The summed E-state index contributed by atoms with van der Waals surface area (Å²) in [5.41, 5.74) is 0. The van der Waals surface area contributed by atoms with E-state index in [4.69, 9.17) is 5.14 Å². The molecule has 0 fully saturated rings. The van der Waals surface area contributed by atoms with Gasteiger partial charge in [-0.3, -0.25) is 4.79 Å². The summed E-state index contributed by atoms with van der Waals surface area (Å²) in [4.78, 5) is 11.3. The van der Waals surface area contributed by atoms with Gasteiger partial charge < -0.3 is 5.32 Å². The van der Waals surface area contributed by atoms with Gasteiger partial charge in [0.1, 0.15) is 4.21 Å². The molecule has 1 amide bonds. The van der Waals surface area contributed by atoms with Crippen LogP contribution in [0, 0.1) is 0 Å². The van der Waals surface area contributed by atoms with E-state index in [2.05, 4.69) is 5.32 Å². The number of nitrogens with one attached hydrogen (secondary N) is 1. The summed E-state index contributed by atoms with van der Waals surface area (Å²) in [6.45, 7) is 0. The third-order valence-electron chi connectivity index (χ3n) is 1.31. The molecule has 3 N–H and O–H groups in total. The molecule has 0 aliphatic rings. The predicted molar refractivity (Wildman–Crippen MR) is 49.1 cm³/mol. The van der Waals surface area contributed by atoms with Crippen molar-refractivity contribution in [1.82, 2.24) is 5.32 Å². The number of nitrogens with two attached hydrogens (primary N) is 1. The molecule has 7 heteroatoms. The van der Waals surface area contributed by atoms with Crippen molar-refractivity contribution < 1.29 is 13.2 Å². The van der Waals surface area contributed by atoms with Gasteiger partial charge in [-0.25, -0.2) is 13.6 Å². The van der Waals surface area contributed by atoms with Gasteiger partial charge in [0, 0.05) is 7.05 Å². The third kappa shape index (κ3) is 2.27. The lowest BCUT2D eigenvalue weighted by Gasteiger charge is -1.92. The van der Waals surface area contributed by atoms with Crippen molar-refractivity contribution in [2.24, 2.45) is 5.14 Å². The molecule has 0 unspecified atom stereocenters. The van der Waals surface area contributed by atoms with Crippen LogP contribution in [0.1, 0.15) is 9.67 Å². The fourth-order valence-electron chi connectivity index (χ4n) is 0.718. The Kier molecular flexibility index (Phi) is 2.69. The highest BCUT2D eigenvalue weighted by Crippen LogP contribution is 2.19. The van der Waals surface area contributed by atoms with E-state index in [0.29, 0.717) is 4.88 Å². The average Bonchev–Trinajstić information content (AvgIpc) is 2.50. The highest BCUT2D eigenvalue weighted by molar-refractivity contribution is 7.91. The first-order valence-corrected chi connectivity index (χ1v) is 5.66. The standard InChI is InChI=1S/C6H8N2O3S2/c1-8-6(9)4-2-3-5(12-4)13(7,10)11/h2-3H,1H3,(H,8,9)(H2,7,10,11). The number of carbonyl (C=O) groups excluding carboxylic acids is 1. The Morgan fingerprint density at radius 3 is 2.54 bits per heavy atom. The lowest BCUT2D eigenvalue weighted by Crippen LogP contribution is -2.16. The highest BCUT2D eigenvalue weighted by atomic mass is 32.2. The predicted octanol–water partition coefficient (Wildman–Crippen LogP) is -0.245. The average molecular weight is 220 g/mol. The summed E-state index contributed by atoms with van der Waals surface area (Å²) in [5, 5.41) is 7.24. The largest absolute Gasteiger partial charge is 0.354 e. The zero-order valence-electron chi connectivity index (χ0n) is 6.77.